The number of morpholine rings is 1. The molecule has 0 radical (unpaired) electrons. The highest BCUT2D eigenvalue weighted by Gasteiger charge is 2.29. The van der Waals surface area contributed by atoms with Crippen molar-refractivity contribution in [3.8, 4) is 0 Å². The van der Waals surface area contributed by atoms with Crippen LogP contribution >= 0.6 is 0 Å². The molecular weight excluding hydrogens is 240 g/mol. The summed E-state index contributed by atoms with van der Waals surface area (Å²) in [4.78, 5) is 13.3. The molecule has 1 aliphatic rings. The van der Waals surface area contributed by atoms with Crippen LogP contribution in [0.1, 0.15) is 48.0 Å². The molecule has 1 heterocycles. The van der Waals surface area contributed by atoms with Crippen LogP contribution in [-0.4, -0.2) is 48.7 Å². The summed E-state index contributed by atoms with van der Waals surface area (Å²) in [6.07, 6.45) is 1.13. The van der Waals surface area contributed by atoms with E-state index in [4.69, 9.17) is 4.74 Å². The first-order valence-corrected chi connectivity index (χ1v) is 7.21. The van der Waals surface area contributed by atoms with Crippen LogP contribution in [0.2, 0.25) is 0 Å². The summed E-state index contributed by atoms with van der Waals surface area (Å²) in [5.74, 6) is 0.152. The molecule has 19 heavy (non-hydrogen) atoms. The Kier molecular flexibility index (Phi) is 5.39. The summed E-state index contributed by atoms with van der Waals surface area (Å²) < 4.78 is 5.80. The lowest BCUT2D eigenvalue weighted by atomic mass is 9.85. The fraction of sp³-hybridized carbons (Fsp3) is 0.933. The van der Waals surface area contributed by atoms with Crippen LogP contribution in [0.5, 0.6) is 0 Å². The van der Waals surface area contributed by atoms with Gasteiger partial charge in [0.15, 0.2) is 0 Å². The molecule has 0 saturated carbocycles. The number of hydrogen-bond donors (Lipinski definition) is 1. The van der Waals surface area contributed by atoms with Crippen molar-refractivity contribution in [2.45, 2.75) is 59.6 Å². The molecule has 0 bridgehead atoms. The maximum Gasteiger partial charge on any atom is 0.219 e. The van der Waals surface area contributed by atoms with E-state index in [9.17, 15) is 4.79 Å². The van der Waals surface area contributed by atoms with Crippen molar-refractivity contribution in [2.75, 3.05) is 26.2 Å². The second kappa shape index (κ2) is 6.23. The summed E-state index contributed by atoms with van der Waals surface area (Å²) in [5.41, 5.74) is 0.299. The quantitative estimate of drug-likeness (QED) is 0.850. The summed E-state index contributed by atoms with van der Waals surface area (Å²) in [7, 11) is 0. The smallest absolute Gasteiger partial charge is 0.219 e. The van der Waals surface area contributed by atoms with Gasteiger partial charge in [-0.2, -0.15) is 0 Å². The van der Waals surface area contributed by atoms with Gasteiger partial charge in [0, 0.05) is 32.1 Å². The number of hydrogen-bond acceptors (Lipinski definition) is 3. The standard InChI is InChI=1S/C15H30N2O2/c1-12(18)17-7-8-19-13(10-17)9-15(5,6)11-16-14(2,3)4/h13,16H,7-11H2,1-6H3/t13-/m1/s1. The predicted molar refractivity (Wildman–Crippen MR) is 78.1 cm³/mol. The van der Waals surface area contributed by atoms with E-state index in [0.717, 1.165) is 26.1 Å². The number of amides is 1. The Morgan fingerprint density at radius 2 is 1.95 bits per heavy atom. The van der Waals surface area contributed by atoms with Gasteiger partial charge in [-0.15, -0.1) is 0 Å². The molecule has 1 aliphatic heterocycles. The van der Waals surface area contributed by atoms with Crippen LogP contribution in [0.15, 0.2) is 0 Å². The zero-order valence-electron chi connectivity index (χ0n) is 13.4. The molecule has 112 valence electrons. The molecule has 1 atom stereocenters. The van der Waals surface area contributed by atoms with Crippen LogP contribution in [-0.2, 0) is 9.53 Å². The second-order valence-corrected chi connectivity index (χ2v) is 7.43. The van der Waals surface area contributed by atoms with E-state index in [2.05, 4.69) is 39.9 Å². The lowest BCUT2D eigenvalue weighted by Gasteiger charge is -2.38. The van der Waals surface area contributed by atoms with E-state index in [-0.39, 0.29) is 23.0 Å². The maximum absolute atomic E-state index is 11.4. The zero-order chi connectivity index (χ0) is 14.7. The summed E-state index contributed by atoms with van der Waals surface area (Å²) >= 11 is 0. The summed E-state index contributed by atoms with van der Waals surface area (Å²) in [6, 6.07) is 0. The van der Waals surface area contributed by atoms with Gasteiger partial charge in [-0.25, -0.2) is 0 Å². The van der Waals surface area contributed by atoms with Crippen LogP contribution in [0, 0.1) is 5.41 Å². The third-order valence-electron chi connectivity index (χ3n) is 3.46. The molecule has 0 aromatic heterocycles. The minimum atomic E-state index is 0.135. The lowest BCUT2D eigenvalue weighted by molar-refractivity contribution is -0.137. The molecule has 0 aliphatic carbocycles. The molecule has 0 aromatic rings. The van der Waals surface area contributed by atoms with Gasteiger partial charge in [-0.3, -0.25) is 4.79 Å². The lowest BCUT2D eigenvalue weighted by Crippen LogP contribution is -2.48. The highest BCUT2D eigenvalue weighted by Crippen LogP contribution is 2.25. The highest BCUT2D eigenvalue weighted by molar-refractivity contribution is 5.73. The average Bonchev–Trinajstić information content (AvgIpc) is 2.25. The molecule has 0 aromatic carbocycles. The third kappa shape index (κ3) is 6.39. The Hall–Kier alpha value is -0.610. The van der Waals surface area contributed by atoms with Gasteiger partial charge >= 0.3 is 0 Å². The Bertz CT molecular complexity index is 308. The van der Waals surface area contributed by atoms with Gasteiger partial charge < -0.3 is 15.0 Å². The normalized spacial score (nSPS) is 21.6. The number of ether oxygens (including phenoxy) is 1. The molecular formula is C15H30N2O2. The van der Waals surface area contributed by atoms with Crippen LogP contribution in [0.3, 0.4) is 0 Å². The third-order valence-corrected chi connectivity index (χ3v) is 3.46. The van der Waals surface area contributed by atoms with Gasteiger partial charge in [-0.1, -0.05) is 13.8 Å². The SMILES string of the molecule is CC(=O)N1CCO[C@H](CC(C)(C)CNC(C)(C)C)C1. The first-order valence-electron chi connectivity index (χ1n) is 7.21. The van der Waals surface area contributed by atoms with Crippen LogP contribution in [0.4, 0.5) is 0 Å². The molecule has 1 saturated heterocycles. The molecule has 0 unspecified atom stereocenters. The Labute approximate surface area is 117 Å². The maximum atomic E-state index is 11.4. The Balaban J connectivity index is 2.46. The van der Waals surface area contributed by atoms with Crippen molar-refractivity contribution < 1.29 is 9.53 Å². The van der Waals surface area contributed by atoms with Crippen molar-refractivity contribution in [2.24, 2.45) is 5.41 Å². The second-order valence-electron chi connectivity index (χ2n) is 7.43. The minimum Gasteiger partial charge on any atom is -0.375 e. The number of carbonyl (C=O) groups excluding carboxylic acids is 1. The van der Waals surface area contributed by atoms with Gasteiger partial charge in [0.1, 0.15) is 0 Å². The fourth-order valence-electron chi connectivity index (χ4n) is 2.32. The van der Waals surface area contributed by atoms with Crippen molar-refractivity contribution in [1.82, 2.24) is 10.2 Å². The fourth-order valence-corrected chi connectivity index (χ4v) is 2.32. The van der Waals surface area contributed by atoms with Crippen LogP contribution in [0.25, 0.3) is 0 Å². The van der Waals surface area contributed by atoms with Gasteiger partial charge in [0.2, 0.25) is 5.91 Å². The number of carbonyl (C=O) groups is 1. The first kappa shape index (κ1) is 16.4. The van der Waals surface area contributed by atoms with Crippen LogP contribution < -0.4 is 5.32 Å². The predicted octanol–water partition coefficient (Wildman–Crippen LogP) is 2.04. The molecule has 4 nitrogen and oxygen atoms in total. The molecule has 1 amide bonds. The van der Waals surface area contributed by atoms with Gasteiger partial charge in [0.25, 0.3) is 0 Å². The van der Waals surface area contributed by atoms with Crippen molar-refractivity contribution in [3.05, 3.63) is 0 Å². The van der Waals surface area contributed by atoms with E-state index in [0.29, 0.717) is 6.61 Å². The highest BCUT2D eigenvalue weighted by atomic mass is 16.5. The number of rotatable bonds is 4. The zero-order valence-corrected chi connectivity index (χ0v) is 13.4. The Morgan fingerprint density at radius 3 is 2.47 bits per heavy atom. The summed E-state index contributed by atoms with van der Waals surface area (Å²) in [5, 5.41) is 3.55. The largest absolute Gasteiger partial charge is 0.375 e. The topological polar surface area (TPSA) is 41.6 Å². The van der Waals surface area contributed by atoms with Crippen molar-refractivity contribution >= 4 is 5.91 Å². The number of nitrogens with one attached hydrogen (secondary N) is 1. The van der Waals surface area contributed by atoms with Crippen molar-refractivity contribution in [3.63, 3.8) is 0 Å². The van der Waals surface area contributed by atoms with Gasteiger partial charge in [-0.05, 0) is 32.6 Å². The molecule has 1 N–H and O–H groups in total. The first-order chi connectivity index (χ1) is 8.59. The Morgan fingerprint density at radius 1 is 1.32 bits per heavy atom. The summed E-state index contributed by atoms with van der Waals surface area (Å²) in [6.45, 7) is 15.7. The number of nitrogens with zero attached hydrogens (tertiary/aromatic N) is 1. The van der Waals surface area contributed by atoms with E-state index in [1.807, 2.05) is 4.90 Å². The van der Waals surface area contributed by atoms with E-state index in [1.165, 1.54) is 0 Å². The minimum absolute atomic E-state index is 0.135. The van der Waals surface area contributed by atoms with Gasteiger partial charge in [0.05, 0.1) is 12.7 Å². The van der Waals surface area contributed by atoms with E-state index in [1.54, 1.807) is 6.92 Å². The average molecular weight is 270 g/mol. The molecule has 1 fully saturated rings. The molecule has 0 spiro atoms. The van der Waals surface area contributed by atoms with E-state index < -0.39 is 0 Å². The molecule has 1 rings (SSSR count). The van der Waals surface area contributed by atoms with Crippen molar-refractivity contribution in [1.29, 1.82) is 0 Å². The van der Waals surface area contributed by atoms with E-state index >= 15 is 0 Å². The molecule has 4 heteroatoms. The monoisotopic (exact) mass is 270 g/mol.